The molecule has 3 aliphatic carbocycles. The summed E-state index contributed by atoms with van der Waals surface area (Å²) in [6.07, 6.45) is 3.99. The van der Waals surface area contributed by atoms with E-state index in [1.165, 1.54) is 7.05 Å². The fourth-order valence-electron chi connectivity index (χ4n) is 4.33. The summed E-state index contributed by atoms with van der Waals surface area (Å²) in [6.45, 7) is 3.86. The molecule has 3 saturated carbocycles. The fraction of sp³-hybridized carbons (Fsp3) is 0.875. The van der Waals surface area contributed by atoms with Crippen LogP contribution in [0.4, 0.5) is 0 Å². The fourth-order valence-corrected chi connectivity index (χ4v) is 6.17. The molecule has 3 aliphatic rings. The van der Waals surface area contributed by atoms with Gasteiger partial charge in [-0.2, -0.15) is 4.31 Å². The quantitative estimate of drug-likeness (QED) is 0.778. The molecule has 3 fully saturated rings. The number of ketones is 1. The lowest BCUT2D eigenvalue weighted by atomic mass is 9.70. The number of sulfonamides is 1. The number of hydrogen-bond donors (Lipinski definition) is 1. The lowest BCUT2D eigenvalue weighted by Crippen LogP contribution is -2.47. The van der Waals surface area contributed by atoms with Crippen LogP contribution in [0.1, 0.15) is 46.0 Å². The van der Waals surface area contributed by atoms with Gasteiger partial charge in [0.05, 0.1) is 12.3 Å². The Morgan fingerprint density at radius 1 is 1.30 bits per heavy atom. The van der Waals surface area contributed by atoms with Gasteiger partial charge in [0.2, 0.25) is 15.9 Å². The van der Waals surface area contributed by atoms with Crippen LogP contribution in [-0.4, -0.2) is 49.8 Å². The average molecular weight is 342 g/mol. The summed E-state index contributed by atoms with van der Waals surface area (Å²) in [5.41, 5.74) is -1.06. The van der Waals surface area contributed by atoms with Crippen LogP contribution in [0.3, 0.4) is 0 Å². The molecule has 0 aromatic rings. The lowest BCUT2D eigenvalue weighted by Gasteiger charge is -2.37. The van der Waals surface area contributed by atoms with Gasteiger partial charge in [-0.05, 0) is 37.0 Å². The van der Waals surface area contributed by atoms with E-state index in [2.05, 4.69) is 5.32 Å². The van der Waals surface area contributed by atoms with E-state index in [0.717, 1.165) is 23.6 Å². The molecule has 2 atom stereocenters. The number of nitrogens with one attached hydrogen (secondary N) is 1. The number of amides is 1. The molecule has 0 aliphatic heterocycles. The zero-order chi connectivity index (χ0) is 17.0. The standard InChI is InChI=1S/C16H26N2O4S/c1-15(2)11-6-7-16(15,13(19)8-11)10-23(21,22)18(3)9-14(20)17-12-4-5-12/h11-12H,4-10H2,1-3H3,(H,17,20). The number of hydrogen-bond acceptors (Lipinski definition) is 4. The first-order chi connectivity index (χ1) is 10.6. The number of rotatable bonds is 6. The van der Waals surface area contributed by atoms with Crippen LogP contribution in [0.25, 0.3) is 0 Å². The van der Waals surface area contributed by atoms with E-state index >= 15 is 0 Å². The largest absolute Gasteiger partial charge is 0.352 e. The third kappa shape index (κ3) is 2.71. The SMILES string of the molecule is CN(CC(=O)NC1CC1)S(=O)(=O)CC12CCC(CC1=O)C2(C)C. The van der Waals surface area contributed by atoms with Crippen LogP contribution >= 0.6 is 0 Å². The molecule has 23 heavy (non-hydrogen) atoms. The summed E-state index contributed by atoms with van der Waals surface area (Å²) in [5.74, 6) is -0.0700. The number of Topliss-reactive ketones (excluding diaryl/α,β-unsaturated/α-hetero) is 1. The highest BCUT2D eigenvalue weighted by Gasteiger charge is 2.65. The molecule has 7 heteroatoms. The number of likely N-dealkylation sites (N-methyl/N-ethyl adjacent to an activating group) is 1. The Bertz CT molecular complexity index is 638. The van der Waals surface area contributed by atoms with Gasteiger partial charge in [-0.1, -0.05) is 13.8 Å². The minimum Gasteiger partial charge on any atom is -0.352 e. The number of carbonyl (C=O) groups excluding carboxylic acids is 2. The van der Waals surface area contributed by atoms with Crippen molar-refractivity contribution in [3.05, 3.63) is 0 Å². The first kappa shape index (κ1) is 16.9. The van der Waals surface area contributed by atoms with Gasteiger partial charge in [0.25, 0.3) is 0 Å². The smallest absolute Gasteiger partial charge is 0.235 e. The molecule has 130 valence electrons. The number of nitrogens with zero attached hydrogens (tertiary/aromatic N) is 1. The third-order valence-corrected chi connectivity index (χ3v) is 8.29. The zero-order valence-corrected chi connectivity index (χ0v) is 14.9. The molecule has 0 spiro atoms. The highest BCUT2D eigenvalue weighted by atomic mass is 32.2. The topological polar surface area (TPSA) is 83.6 Å². The predicted molar refractivity (Wildman–Crippen MR) is 86.1 cm³/mol. The van der Waals surface area contributed by atoms with Crippen molar-refractivity contribution in [1.29, 1.82) is 0 Å². The van der Waals surface area contributed by atoms with Gasteiger partial charge in [0, 0.05) is 24.9 Å². The van der Waals surface area contributed by atoms with Crippen molar-refractivity contribution in [2.75, 3.05) is 19.3 Å². The summed E-state index contributed by atoms with van der Waals surface area (Å²) in [7, 11) is -2.22. The van der Waals surface area contributed by atoms with Gasteiger partial charge in [-0.15, -0.1) is 0 Å². The van der Waals surface area contributed by atoms with Gasteiger partial charge in [-0.25, -0.2) is 8.42 Å². The summed E-state index contributed by atoms with van der Waals surface area (Å²) in [5, 5.41) is 2.80. The van der Waals surface area contributed by atoms with E-state index in [0.29, 0.717) is 12.8 Å². The van der Waals surface area contributed by atoms with Crippen molar-refractivity contribution in [2.45, 2.75) is 52.0 Å². The second-order valence-corrected chi connectivity index (χ2v) is 10.1. The van der Waals surface area contributed by atoms with Crippen LogP contribution in [-0.2, 0) is 19.6 Å². The molecule has 2 unspecified atom stereocenters. The monoisotopic (exact) mass is 342 g/mol. The molecule has 0 saturated heterocycles. The van der Waals surface area contributed by atoms with Crippen molar-refractivity contribution in [1.82, 2.24) is 9.62 Å². The van der Waals surface area contributed by atoms with Crippen LogP contribution < -0.4 is 5.32 Å². The third-order valence-electron chi connectivity index (χ3n) is 6.35. The molecule has 1 N–H and O–H groups in total. The second kappa shape index (κ2) is 5.28. The summed E-state index contributed by atoms with van der Waals surface area (Å²) < 4.78 is 26.6. The number of fused-ring (bicyclic) bond motifs is 2. The second-order valence-electron chi connectivity index (χ2n) is 8.02. The van der Waals surface area contributed by atoms with Gasteiger partial charge < -0.3 is 5.32 Å². The van der Waals surface area contributed by atoms with Gasteiger partial charge >= 0.3 is 0 Å². The van der Waals surface area contributed by atoms with E-state index in [1.54, 1.807) is 0 Å². The minimum absolute atomic E-state index is 0.0816. The van der Waals surface area contributed by atoms with Crippen molar-refractivity contribution in [3.8, 4) is 0 Å². The highest BCUT2D eigenvalue weighted by molar-refractivity contribution is 7.89. The van der Waals surface area contributed by atoms with Crippen molar-refractivity contribution in [2.24, 2.45) is 16.7 Å². The predicted octanol–water partition coefficient (Wildman–Crippen LogP) is 0.922. The van der Waals surface area contributed by atoms with Crippen molar-refractivity contribution >= 4 is 21.7 Å². The van der Waals surface area contributed by atoms with Gasteiger partial charge in [-0.3, -0.25) is 9.59 Å². The molecule has 0 aromatic heterocycles. The Morgan fingerprint density at radius 2 is 1.96 bits per heavy atom. The molecule has 6 nitrogen and oxygen atoms in total. The van der Waals surface area contributed by atoms with Crippen molar-refractivity contribution < 1.29 is 18.0 Å². The molecular formula is C16H26N2O4S. The Kier molecular flexibility index (Phi) is 3.87. The van der Waals surface area contributed by atoms with Crippen LogP contribution in [0.2, 0.25) is 0 Å². The van der Waals surface area contributed by atoms with Crippen LogP contribution in [0, 0.1) is 16.7 Å². The molecule has 1 amide bonds. The first-order valence-electron chi connectivity index (χ1n) is 8.35. The van der Waals surface area contributed by atoms with Gasteiger partial charge in [0.1, 0.15) is 5.78 Å². The molecule has 0 heterocycles. The van der Waals surface area contributed by atoms with E-state index in [-0.39, 0.29) is 41.4 Å². The van der Waals surface area contributed by atoms with Crippen molar-refractivity contribution in [3.63, 3.8) is 0 Å². The molecule has 0 radical (unpaired) electrons. The van der Waals surface area contributed by atoms with Crippen LogP contribution in [0.15, 0.2) is 0 Å². The maximum absolute atomic E-state index is 12.7. The molecule has 3 rings (SSSR count). The Morgan fingerprint density at radius 3 is 2.43 bits per heavy atom. The van der Waals surface area contributed by atoms with E-state index in [4.69, 9.17) is 0 Å². The highest BCUT2D eigenvalue weighted by Crippen LogP contribution is 2.64. The average Bonchev–Trinajstić information content (AvgIpc) is 3.17. The normalized spacial score (nSPS) is 32.5. The maximum Gasteiger partial charge on any atom is 0.235 e. The lowest BCUT2D eigenvalue weighted by molar-refractivity contribution is -0.128. The van der Waals surface area contributed by atoms with E-state index < -0.39 is 15.4 Å². The van der Waals surface area contributed by atoms with Gasteiger partial charge in [0.15, 0.2) is 0 Å². The Hall–Kier alpha value is -0.950. The maximum atomic E-state index is 12.7. The Labute approximate surface area is 138 Å². The van der Waals surface area contributed by atoms with Crippen LogP contribution in [0.5, 0.6) is 0 Å². The minimum atomic E-state index is -3.65. The summed E-state index contributed by atoms with van der Waals surface area (Å²) >= 11 is 0. The van der Waals surface area contributed by atoms with E-state index in [1.807, 2.05) is 13.8 Å². The van der Waals surface area contributed by atoms with E-state index in [9.17, 15) is 18.0 Å². The number of carbonyl (C=O) groups is 2. The first-order valence-corrected chi connectivity index (χ1v) is 9.96. The Balaban J connectivity index is 1.72. The molecule has 2 bridgehead atoms. The summed E-state index contributed by atoms with van der Waals surface area (Å²) in [6, 6.07) is 0.211. The molecular weight excluding hydrogens is 316 g/mol. The molecule has 0 aromatic carbocycles. The summed E-state index contributed by atoms with van der Waals surface area (Å²) in [4.78, 5) is 24.3. The zero-order valence-electron chi connectivity index (χ0n) is 14.1.